The number of piperidine rings is 1. The molecule has 4 nitrogen and oxygen atoms in total. The maximum absolute atomic E-state index is 6.49. The molecule has 21 heavy (non-hydrogen) atoms. The Morgan fingerprint density at radius 2 is 2.00 bits per heavy atom. The van der Waals surface area contributed by atoms with Gasteiger partial charge in [-0.25, -0.2) is 0 Å². The fourth-order valence-electron chi connectivity index (χ4n) is 3.56. The average Bonchev–Trinajstić information content (AvgIpc) is 2.50. The zero-order valence-electron chi connectivity index (χ0n) is 13.2. The van der Waals surface area contributed by atoms with Crippen LogP contribution >= 0.6 is 0 Å². The van der Waals surface area contributed by atoms with Gasteiger partial charge in [0.15, 0.2) is 0 Å². The molecule has 4 heteroatoms. The number of para-hydroxylation sites is 1. The third-order valence-corrected chi connectivity index (χ3v) is 5.05. The lowest BCUT2D eigenvalue weighted by molar-refractivity contribution is 0.0905. The minimum Gasteiger partial charge on any atom is -0.492 e. The fourth-order valence-corrected chi connectivity index (χ4v) is 3.56. The Labute approximate surface area is 127 Å². The molecule has 0 amide bonds. The molecule has 116 valence electrons. The normalized spacial score (nSPS) is 27.4. The molecular weight excluding hydrogens is 262 g/mol. The molecule has 0 aliphatic carbocycles. The Morgan fingerprint density at radius 1 is 1.29 bits per heavy atom. The Balaban J connectivity index is 1.62. The van der Waals surface area contributed by atoms with E-state index in [-0.39, 0.29) is 12.1 Å². The van der Waals surface area contributed by atoms with E-state index in [4.69, 9.17) is 10.5 Å². The Kier molecular flexibility index (Phi) is 4.48. The van der Waals surface area contributed by atoms with Gasteiger partial charge in [-0.3, -0.25) is 4.90 Å². The highest BCUT2D eigenvalue weighted by molar-refractivity contribution is 5.38. The smallest absolute Gasteiger partial charge is 0.124 e. The molecule has 1 fully saturated rings. The maximum atomic E-state index is 6.49. The van der Waals surface area contributed by atoms with Crippen molar-refractivity contribution < 1.29 is 4.74 Å². The summed E-state index contributed by atoms with van der Waals surface area (Å²) in [7, 11) is 4.40. The van der Waals surface area contributed by atoms with Gasteiger partial charge in [0.05, 0.1) is 12.1 Å². The van der Waals surface area contributed by atoms with Crippen molar-refractivity contribution in [3.8, 4) is 5.75 Å². The first-order valence-corrected chi connectivity index (χ1v) is 8.01. The SMILES string of the molecule is CN1CCC(CN(C)C2COc3ccccc3C2N)CC1. The fraction of sp³-hybridized carbons (Fsp3) is 0.647. The zero-order chi connectivity index (χ0) is 14.8. The predicted molar refractivity (Wildman–Crippen MR) is 85.5 cm³/mol. The van der Waals surface area contributed by atoms with Gasteiger partial charge in [0.1, 0.15) is 12.4 Å². The standard InChI is InChI=1S/C17H27N3O/c1-19-9-7-13(8-10-19)11-20(2)15-12-21-16-6-4-3-5-14(16)17(15)18/h3-6,13,15,17H,7-12,18H2,1-2H3. The van der Waals surface area contributed by atoms with Crippen LogP contribution in [0.2, 0.25) is 0 Å². The summed E-state index contributed by atoms with van der Waals surface area (Å²) in [6.07, 6.45) is 2.58. The summed E-state index contributed by atoms with van der Waals surface area (Å²) < 4.78 is 5.90. The highest BCUT2D eigenvalue weighted by Gasteiger charge is 2.32. The van der Waals surface area contributed by atoms with Crippen molar-refractivity contribution in [2.75, 3.05) is 40.3 Å². The number of ether oxygens (including phenoxy) is 1. The van der Waals surface area contributed by atoms with E-state index in [1.54, 1.807) is 0 Å². The first-order chi connectivity index (χ1) is 10.1. The van der Waals surface area contributed by atoms with Crippen molar-refractivity contribution >= 4 is 0 Å². The minimum absolute atomic E-state index is 0.0474. The second-order valence-electron chi connectivity index (χ2n) is 6.63. The molecule has 2 heterocycles. The van der Waals surface area contributed by atoms with Crippen molar-refractivity contribution in [2.45, 2.75) is 24.9 Å². The van der Waals surface area contributed by atoms with E-state index in [1.807, 2.05) is 18.2 Å². The van der Waals surface area contributed by atoms with Crippen LogP contribution < -0.4 is 10.5 Å². The number of nitrogens with zero attached hydrogens (tertiary/aromatic N) is 2. The van der Waals surface area contributed by atoms with Gasteiger partial charge >= 0.3 is 0 Å². The molecular formula is C17H27N3O. The lowest BCUT2D eigenvalue weighted by Gasteiger charge is -2.39. The van der Waals surface area contributed by atoms with E-state index in [9.17, 15) is 0 Å². The van der Waals surface area contributed by atoms with Gasteiger partial charge in [0.2, 0.25) is 0 Å². The maximum Gasteiger partial charge on any atom is 0.124 e. The molecule has 0 aromatic heterocycles. The highest BCUT2D eigenvalue weighted by atomic mass is 16.5. The van der Waals surface area contributed by atoms with Crippen LogP contribution in [0, 0.1) is 5.92 Å². The number of hydrogen-bond acceptors (Lipinski definition) is 4. The number of likely N-dealkylation sites (N-methyl/N-ethyl adjacent to an activating group) is 1. The first-order valence-electron chi connectivity index (χ1n) is 8.01. The monoisotopic (exact) mass is 289 g/mol. The van der Waals surface area contributed by atoms with E-state index in [1.165, 1.54) is 25.9 Å². The number of hydrogen-bond donors (Lipinski definition) is 1. The van der Waals surface area contributed by atoms with Crippen LogP contribution in [0.25, 0.3) is 0 Å². The van der Waals surface area contributed by atoms with Gasteiger partial charge in [-0.05, 0) is 52.0 Å². The van der Waals surface area contributed by atoms with Gasteiger partial charge in [-0.15, -0.1) is 0 Å². The Bertz CT molecular complexity index is 471. The third-order valence-electron chi connectivity index (χ3n) is 5.05. The van der Waals surface area contributed by atoms with Crippen LogP contribution in [0.15, 0.2) is 24.3 Å². The molecule has 0 radical (unpaired) electrons. The zero-order valence-corrected chi connectivity index (χ0v) is 13.2. The van der Waals surface area contributed by atoms with Gasteiger partial charge in [-0.1, -0.05) is 18.2 Å². The van der Waals surface area contributed by atoms with Crippen molar-refractivity contribution in [1.82, 2.24) is 9.80 Å². The van der Waals surface area contributed by atoms with Gasteiger partial charge in [-0.2, -0.15) is 0 Å². The molecule has 0 bridgehead atoms. The second-order valence-corrected chi connectivity index (χ2v) is 6.63. The molecule has 2 N–H and O–H groups in total. The van der Waals surface area contributed by atoms with Crippen LogP contribution in [0.4, 0.5) is 0 Å². The average molecular weight is 289 g/mol. The number of fused-ring (bicyclic) bond motifs is 1. The molecule has 2 unspecified atom stereocenters. The van der Waals surface area contributed by atoms with Crippen LogP contribution in [0.1, 0.15) is 24.4 Å². The summed E-state index contributed by atoms with van der Waals surface area (Å²) in [5.41, 5.74) is 7.63. The lowest BCUT2D eigenvalue weighted by Crippen LogP contribution is -2.49. The quantitative estimate of drug-likeness (QED) is 0.920. The summed E-state index contributed by atoms with van der Waals surface area (Å²) in [5, 5.41) is 0. The van der Waals surface area contributed by atoms with Crippen LogP contribution in [-0.4, -0.2) is 56.2 Å². The Hall–Kier alpha value is -1.10. The van der Waals surface area contributed by atoms with E-state index in [0.717, 1.165) is 23.8 Å². The molecule has 2 aliphatic rings. The number of rotatable bonds is 3. The summed E-state index contributed by atoms with van der Waals surface area (Å²) in [5.74, 6) is 1.74. The molecule has 2 atom stereocenters. The van der Waals surface area contributed by atoms with Crippen LogP contribution in [0.5, 0.6) is 5.75 Å². The highest BCUT2D eigenvalue weighted by Crippen LogP contribution is 2.32. The molecule has 1 aromatic rings. The molecule has 2 aliphatic heterocycles. The second kappa shape index (κ2) is 6.34. The molecule has 1 saturated heterocycles. The van der Waals surface area contributed by atoms with E-state index >= 15 is 0 Å². The largest absolute Gasteiger partial charge is 0.492 e. The van der Waals surface area contributed by atoms with E-state index in [0.29, 0.717) is 6.61 Å². The van der Waals surface area contributed by atoms with Crippen molar-refractivity contribution in [3.05, 3.63) is 29.8 Å². The topological polar surface area (TPSA) is 41.7 Å². The molecule has 0 saturated carbocycles. The minimum atomic E-state index is 0.0474. The van der Waals surface area contributed by atoms with Gasteiger partial charge < -0.3 is 15.4 Å². The van der Waals surface area contributed by atoms with Gasteiger partial charge in [0, 0.05) is 12.1 Å². The summed E-state index contributed by atoms with van der Waals surface area (Å²) in [6, 6.07) is 8.48. The third kappa shape index (κ3) is 3.23. The Morgan fingerprint density at radius 3 is 2.76 bits per heavy atom. The summed E-state index contributed by atoms with van der Waals surface area (Å²) in [4.78, 5) is 4.83. The van der Waals surface area contributed by atoms with Crippen molar-refractivity contribution in [2.24, 2.45) is 11.7 Å². The van der Waals surface area contributed by atoms with Crippen molar-refractivity contribution in [1.29, 1.82) is 0 Å². The number of nitrogens with two attached hydrogens (primary N) is 1. The van der Waals surface area contributed by atoms with E-state index < -0.39 is 0 Å². The van der Waals surface area contributed by atoms with Crippen LogP contribution in [-0.2, 0) is 0 Å². The molecule has 1 aromatic carbocycles. The summed E-state index contributed by atoms with van der Waals surface area (Å²) in [6.45, 7) is 4.25. The lowest BCUT2D eigenvalue weighted by atomic mass is 9.93. The van der Waals surface area contributed by atoms with Crippen molar-refractivity contribution in [3.63, 3.8) is 0 Å². The first kappa shape index (κ1) is 14.8. The van der Waals surface area contributed by atoms with E-state index in [2.05, 4.69) is 30.0 Å². The number of benzene rings is 1. The van der Waals surface area contributed by atoms with Gasteiger partial charge in [0.25, 0.3) is 0 Å². The molecule has 3 rings (SSSR count). The molecule has 0 spiro atoms. The predicted octanol–water partition coefficient (Wildman–Crippen LogP) is 1.72. The van der Waals surface area contributed by atoms with Crippen LogP contribution in [0.3, 0.4) is 0 Å². The summed E-state index contributed by atoms with van der Waals surface area (Å²) >= 11 is 0. The number of likely N-dealkylation sites (tertiary alicyclic amines) is 1.